The molecular weight excluding hydrogens is 364 g/mol. The molecule has 6 nitrogen and oxygen atoms in total. The van der Waals surface area contributed by atoms with Crippen molar-refractivity contribution < 1.29 is 9.53 Å². The molecule has 0 aliphatic heterocycles. The molecule has 1 heterocycles. The van der Waals surface area contributed by atoms with Crippen LogP contribution in [0.5, 0.6) is 5.75 Å². The van der Waals surface area contributed by atoms with Gasteiger partial charge in [-0.15, -0.1) is 0 Å². The normalized spacial score (nSPS) is 11.0. The quantitative estimate of drug-likeness (QED) is 0.490. The van der Waals surface area contributed by atoms with E-state index in [1.807, 2.05) is 68.4 Å². The van der Waals surface area contributed by atoms with E-state index in [9.17, 15) is 4.79 Å². The van der Waals surface area contributed by atoms with Crippen LogP contribution in [0.3, 0.4) is 0 Å². The van der Waals surface area contributed by atoms with E-state index in [2.05, 4.69) is 20.6 Å². The van der Waals surface area contributed by atoms with Crippen LogP contribution < -0.4 is 15.4 Å². The van der Waals surface area contributed by atoms with Crippen LogP contribution in [-0.4, -0.2) is 23.5 Å². The molecule has 2 N–H and O–H groups in total. The molecule has 1 aromatic heterocycles. The number of pyridine rings is 1. The van der Waals surface area contributed by atoms with E-state index in [4.69, 9.17) is 4.74 Å². The van der Waals surface area contributed by atoms with E-state index in [0.29, 0.717) is 30.4 Å². The number of aliphatic imine (C=N–C) groups is 1. The van der Waals surface area contributed by atoms with Crippen LogP contribution in [0.4, 0.5) is 5.69 Å². The second kappa shape index (κ2) is 10.0. The average molecular weight is 388 g/mol. The highest BCUT2D eigenvalue weighted by Crippen LogP contribution is 2.23. The monoisotopic (exact) mass is 388 g/mol. The molecule has 0 unspecified atom stereocenters. The summed E-state index contributed by atoms with van der Waals surface area (Å²) < 4.78 is 5.67. The molecule has 3 aromatic rings. The van der Waals surface area contributed by atoms with Gasteiger partial charge < -0.3 is 10.1 Å². The number of nitrogens with one attached hydrogen (secondary N) is 2. The molecule has 0 aliphatic rings. The fourth-order valence-corrected chi connectivity index (χ4v) is 2.75. The van der Waals surface area contributed by atoms with Gasteiger partial charge in [-0.1, -0.05) is 30.3 Å². The third-order valence-corrected chi connectivity index (χ3v) is 4.23. The summed E-state index contributed by atoms with van der Waals surface area (Å²) in [5, 5.41) is 6.09. The number of hydrogen-bond acceptors (Lipinski definition) is 4. The summed E-state index contributed by atoms with van der Waals surface area (Å²) in [5.74, 6) is 0.817. The summed E-state index contributed by atoms with van der Waals surface area (Å²) >= 11 is 0. The number of hydrogen-bond donors (Lipinski definition) is 2. The second-order valence-electron chi connectivity index (χ2n) is 6.34. The Morgan fingerprint density at radius 2 is 1.76 bits per heavy atom. The molecular formula is C23H24N4O2. The maximum Gasteiger partial charge on any atom is 0.258 e. The molecule has 29 heavy (non-hydrogen) atoms. The Balaban J connectivity index is 1.85. The standard InChI is InChI=1S/C23H24N4O2/c1-3-29-21-11-7-6-10-20(21)26-23(25-16-18-12-14-24-15-13-18)27-22(28)19-9-5-4-8-17(19)2/h4-15H,3,16H2,1-2H3,(H2,25,26,27,28). The Morgan fingerprint density at radius 1 is 1.03 bits per heavy atom. The second-order valence-corrected chi connectivity index (χ2v) is 6.34. The molecule has 6 heteroatoms. The highest BCUT2D eigenvalue weighted by Gasteiger charge is 2.13. The fraction of sp³-hybridized carbons (Fsp3) is 0.174. The van der Waals surface area contributed by atoms with Gasteiger partial charge in [0.2, 0.25) is 5.96 Å². The van der Waals surface area contributed by atoms with Crippen LogP contribution in [0.1, 0.15) is 28.4 Å². The Bertz CT molecular complexity index is 987. The minimum absolute atomic E-state index is 0.224. The van der Waals surface area contributed by atoms with Gasteiger partial charge in [-0.05, 0) is 55.3 Å². The number of amides is 1. The minimum atomic E-state index is -0.224. The van der Waals surface area contributed by atoms with Gasteiger partial charge in [0.1, 0.15) is 5.75 Å². The number of carbonyl (C=O) groups excluding carboxylic acids is 1. The number of nitrogens with zero attached hydrogens (tertiary/aromatic N) is 2. The largest absolute Gasteiger partial charge is 0.492 e. The van der Waals surface area contributed by atoms with Gasteiger partial charge in [0.05, 0.1) is 18.8 Å². The number of guanidine groups is 1. The zero-order valence-corrected chi connectivity index (χ0v) is 16.6. The van der Waals surface area contributed by atoms with E-state index in [1.54, 1.807) is 18.5 Å². The van der Waals surface area contributed by atoms with Crippen molar-refractivity contribution in [2.24, 2.45) is 4.99 Å². The topological polar surface area (TPSA) is 75.6 Å². The third kappa shape index (κ3) is 5.65. The number of anilines is 1. The van der Waals surface area contributed by atoms with Gasteiger partial charge in [-0.3, -0.25) is 15.1 Å². The molecule has 2 aromatic carbocycles. The van der Waals surface area contributed by atoms with Gasteiger partial charge in [0.15, 0.2) is 0 Å². The molecule has 0 spiro atoms. The summed E-state index contributed by atoms with van der Waals surface area (Å²) in [6, 6.07) is 18.8. The molecule has 3 rings (SSSR count). The number of ether oxygens (including phenoxy) is 1. The van der Waals surface area contributed by atoms with Crippen LogP contribution in [-0.2, 0) is 6.54 Å². The summed E-state index contributed by atoms with van der Waals surface area (Å²) in [7, 11) is 0. The van der Waals surface area contributed by atoms with Crippen LogP contribution >= 0.6 is 0 Å². The molecule has 1 amide bonds. The molecule has 0 bridgehead atoms. The number of benzene rings is 2. The lowest BCUT2D eigenvalue weighted by Gasteiger charge is -2.15. The Morgan fingerprint density at radius 3 is 2.52 bits per heavy atom. The highest BCUT2D eigenvalue weighted by atomic mass is 16.5. The predicted octanol–water partition coefficient (Wildman–Crippen LogP) is 4.19. The highest BCUT2D eigenvalue weighted by molar-refractivity contribution is 6.10. The summed E-state index contributed by atoms with van der Waals surface area (Å²) in [4.78, 5) is 21.4. The smallest absolute Gasteiger partial charge is 0.258 e. The first-order chi connectivity index (χ1) is 14.2. The molecule has 0 saturated heterocycles. The van der Waals surface area contributed by atoms with Crippen LogP contribution in [0.2, 0.25) is 0 Å². The van der Waals surface area contributed by atoms with Crippen molar-refractivity contribution in [3.8, 4) is 5.75 Å². The van der Waals surface area contributed by atoms with Crippen LogP contribution in [0.15, 0.2) is 78.0 Å². The minimum Gasteiger partial charge on any atom is -0.492 e. The molecule has 0 fully saturated rings. The van der Waals surface area contributed by atoms with Crippen LogP contribution in [0, 0.1) is 6.92 Å². The first-order valence-corrected chi connectivity index (χ1v) is 9.46. The lowest BCUT2D eigenvalue weighted by atomic mass is 10.1. The van der Waals surface area contributed by atoms with Crippen molar-refractivity contribution in [1.82, 2.24) is 10.3 Å². The SMILES string of the molecule is CCOc1ccccc1NC(=NCc1ccncc1)NC(=O)c1ccccc1C. The van der Waals surface area contributed by atoms with E-state index < -0.39 is 0 Å². The number of rotatable bonds is 6. The molecule has 0 atom stereocenters. The first-order valence-electron chi connectivity index (χ1n) is 9.46. The zero-order valence-electron chi connectivity index (χ0n) is 16.6. The summed E-state index contributed by atoms with van der Waals surface area (Å²) in [5.41, 5.74) is 3.22. The van der Waals surface area contributed by atoms with Crippen molar-refractivity contribution in [2.45, 2.75) is 20.4 Å². The number of carbonyl (C=O) groups is 1. The van der Waals surface area contributed by atoms with Crippen molar-refractivity contribution in [3.05, 3.63) is 89.7 Å². The van der Waals surface area contributed by atoms with Crippen molar-refractivity contribution in [1.29, 1.82) is 0 Å². The van der Waals surface area contributed by atoms with Crippen molar-refractivity contribution >= 4 is 17.6 Å². The first kappa shape index (κ1) is 20.1. The maximum atomic E-state index is 12.8. The summed E-state index contributed by atoms with van der Waals surface area (Å²) in [6.07, 6.45) is 3.43. The lowest BCUT2D eigenvalue weighted by molar-refractivity contribution is 0.0976. The van der Waals surface area contributed by atoms with Crippen molar-refractivity contribution in [3.63, 3.8) is 0 Å². The van der Waals surface area contributed by atoms with E-state index in [-0.39, 0.29) is 5.91 Å². The zero-order chi connectivity index (χ0) is 20.5. The Labute approximate surface area is 170 Å². The van der Waals surface area contributed by atoms with Crippen molar-refractivity contribution in [2.75, 3.05) is 11.9 Å². The van der Waals surface area contributed by atoms with E-state index in [0.717, 1.165) is 16.8 Å². The van der Waals surface area contributed by atoms with Gasteiger partial charge in [-0.2, -0.15) is 0 Å². The van der Waals surface area contributed by atoms with Gasteiger partial charge >= 0.3 is 0 Å². The van der Waals surface area contributed by atoms with Crippen LogP contribution in [0.25, 0.3) is 0 Å². The third-order valence-electron chi connectivity index (χ3n) is 4.23. The number of aryl methyl sites for hydroxylation is 1. The molecule has 0 radical (unpaired) electrons. The number of aromatic nitrogens is 1. The Hall–Kier alpha value is -3.67. The lowest BCUT2D eigenvalue weighted by Crippen LogP contribution is -2.36. The molecule has 148 valence electrons. The fourth-order valence-electron chi connectivity index (χ4n) is 2.75. The predicted molar refractivity (Wildman–Crippen MR) is 115 cm³/mol. The Kier molecular flexibility index (Phi) is 6.95. The molecule has 0 saturated carbocycles. The van der Waals surface area contributed by atoms with E-state index in [1.165, 1.54) is 0 Å². The number of para-hydroxylation sites is 2. The van der Waals surface area contributed by atoms with Gasteiger partial charge in [0.25, 0.3) is 5.91 Å². The van der Waals surface area contributed by atoms with Gasteiger partial charge in [-0.25, -0.2) is 4.99 Å². The maximum absolute atomic E-state index is 12.8. The van der Waals surface area contributed by atoms with Gasteiger partial charge in [0, 0.05) is 18.0 Å². The van der Waals surface area contributed by atoms with E-state index >= 15 is 0 Å². The molecule has 0 aliphatic carbocycles. The summed E-state index contributed by atoms with van der Waals surface area (Å²) in [6.45, 7) is 4.77. The average Bonchev–Trinajstić information content (AvgIpc) is 2.74.